The number of amides is 1. The molecule has 4 nitrogen and oxygen atoms in total. The highest BCUT2D eigenvalue weighted by molar-refractivity contribution is 6.42. The van der Waals surface area contributed by atoms with E-state index in [9.17, 15) is 4.79 Å². The summed E-state index contributed by atoms with van der Waals surface area (Å²) >= 11 is 12.0. The fraction of sp³-hybridized carbons (Fsp3) is 0.316. The topological polar surface area (TPSA) is 47.6 Å². The van der Waals surface area contributed by atoms with Crippen LogP contribution < -0.4 is 10.1 Å². The van der Waals surface area contributed by atoms with Crippen molar-refractivity contribution in [2.75, 3.05) is 5.32 Å². The van der Waals surface area contributed by atoms with Crippen LogP contribution in [0.1, 0.15) is 26.3 Å². The van der Waals surface area contributed by atoms with Crippen LogP contribution in [0.2, 0.25) is 10.0 Å². The lowest BCUT2D eigenvalue weighted by atomic mass is 10.2. The van der Waals surface area contributed by atoms with Gasteiger partial charge in [-0.3, -0.25) is 4.79 Å². The van der Waals surface area contributed by atoms with Crippen molar-refractivity contribution in [1.29, 1.82) is 0 Å². The van der Waals surface area contributed by atoms with E-state index >= 15 is 0 Å². The van der Waals surface area contributed by atoms with Gasteiger partial charge >= 0.3 is 0 Å². The molecule has 134 valence electrons. The minimum Gasteiger partial charge on any atom is -0.479 e. The third-order valence-corrected chi connectivity index (χ3v) is 4.17. The normalized spacial score (nSPS) is 12.1. The van der Waals surface area contributed by atoms with Crippen LogP contribution in [0.3, 0.4) is 0 Å². The van der Waals surface area contributed by atoms with Crippen molar-refractivity contribution in [1.82, 2.24) is 0 Å². The molecule has 2 rings (SSSR count). The fourth-order valence-electron chi connectivity index (χ4n) is 2.06. The lowest BCUT2D eigenvalue weighted by molar-refractivity contribution is -0.122. The maximum Gasteiger partial charge on any atom is 0.265 e. The molecule has 0 aliphatic rings. The van der Waals surface area contributed by atoms with Crippen molar-refractivity contribution >= 4 is 34.8 Å². The van der Waals surface area contributed by atoms with Gasteiger partial charge in [-0.25, -0.2) is 0 Å². The first-order valence-corrected chi connectivity index (χ1v) is 8.74. The SMILES string of the molecule is CC(C)OCc1cccc(NC(=O)C(C)Oc2cccc(Cl)c2Cl)c1. The number of anilines is 1. The van der Waals surface area contributed by atoms with Gasteiger partial charge in [-0.1, -0.05) is 41.4 Å². The van der Waals surface area contributed by atoms with E-state index in [1.165, 1.54) is 0 Å². The molecule has 0 spiro atoms. The van der Waals surface area contributed by atoms with Crippen molar-refractivity contribution in [2.45, 2.75) is 39.6 Å². The monoisotopic (exact) mass is 381 g/mol. The molecular weight excluding hydrogens is 361 g/mol. The van der Waals surface area contributed by atoms with E-state index in [4.69, 9.17) is 32.7 Å². The van der Waals surface area contributed by atoms with E-state index in [1.807, 2.05) is 38.1 Å². The molecule has 2 aromatic rings. The molecule has 0 radical (unpaired) electrons. The summed E-state index contributed by atoms with van der Waals surface area (Å²) in [5, 5.41) is 3.50. The Kier molecular flexibility index (Phi) is 7.12. The van der Waals surface area contributed by atoms with E-state index < -0.39 is 6.10 Å². The van der Waals surface area contributed by atoms with E-state index in [2.05, 4.69) is 5.32 Å². The second-order valence-electron chi connectivity index (χ2n) is 5.86. The molecular formula is C19H21Cl2NO3. The first-order chi connectivity index (χ1) is 11.9. The van der Waals surface area contributed by atoms with Crippen molar-refractivity contribution in [2.24, 2.45) is 0 Å². The minimum absolute atomic E-state index is 0.147. The summed E-state index contributed by atoms with van der Waals surface area (Å²) in [6, 6.07) is 12.5. The standard InChI is InChI=1S/C19H21Cl2NO3/c1-12(2)24-11-14-6-4-7-15(10-14)22-19(23)13(3)25-17-9-5-8-16(20)18(17)21/h4-10,12-13H,11H2,1-3H3,(H,22,23). The average molecular weight is 382 g/mol. The molecule has 2 aromatic carbocycles. The summed E-state index contributed by atoms with van der Waals surface area (Å²) < 4.78 is 11.2. The molecule has 1 amide bonds. The third kappa shape index (κ3) is 5.92. The summed E-state index contributed by atoms with van der Waals surface area (Å²) in [6.07, 6.45) is -0.583. The molecule has 0 fully saturated rings. The highest BCUT2D eigenvalue weighted by atomic mass is 35.5. The van der Waals surface area contributed by atoms with Gasteiger partial charge in [-0.15, -0.1) is 0 Å². The summed E-state index contributed by atoms with van der Waals surface area (Å²) in [6.45, 7) is 6.10. The molecule has 0 aliphatic heterocycles. The second kappa shape index (κ2) is 9.09. The largest absolute Gasteiger partial charge is 0.479 e. The van der Waals surface area contributed by atoms with Crippen LogP contribution in [0.5, 0.6) is 5.75 Å². The predicted molar refractivity (Wildman–Crippen MR) is 102 cm³/mol. The Morgan fingerprint density at radius 2 is 1.84 bits per heavy atom. The lowest BCUT2D eigenvalue weighted by Crippen LogP contribution is -2.30. The van der Waals surface area contributed by atoms with Crippen LogP contribution in [0.25, 0.3) is 0 Å². The zero-order valence-electron chi connectivity index (χ0n) is 14.4. The number of carbonyl (C=O) groups excluding carboxylic acids is 1. The predicted octanol–water partition coefficient (Wildman–Crippen LogP) is 5.32. The molecule has 6 heteroatoms. The summed E-state index contributed by atoms with van der Waals surface area (Å²) in [4.78, 5) is 12.3. The Balaban J connectivity index is 1.99. The van der Waals surface area contributed by atoms with E-state index in [0.29, 0.717) is 23.1 Å². The van der Waals surface area contributed by atoms with Crippen molar-refractivity contribution in [3.05, 3.63) is 58.1 Å². The van der Waals surface area contributed by atoms with Gasteiger partial charge in [0.2, 0.25) is 0 Å². The van der Waals surface area contributed by atoms with E-state index in [-0.39, 0.29) is 17.0 Å². The zero-order valence-corrected chi connectivity index (χ0v) is 15.9. The number of nitrogens with one attached hydrogen (secondary N) is 1. The number of carbonyl (C=O) groups is 1. The molecule has 0 bridgehead atoms. The van der Waals surface area contributed by atoms with Crippen LogP contribution in [0, 0.1) is 0 Å². The first kappa shape index (κ1) is 19.6. The Morgan fingerprint density at radius 3 is 2.56 bits per heavy atom. The smallest absolute Gasteiger partial charge is 0.265 e. The van der Waals surface area contributed by atoms with Gasteiger partial charge in [-0.05, 0) is 50.6 Å². The Bertz CT molecular complexity index is 734. The lowest BCUT2D eigenvalue weighted by Gasteiger charge is -2.16. The zero-order chi connectivity index (χ0) is 18.4. The first-order valence-electron chi connectivity index (χ1n) is 7.99. The maximum absolute atomic E-state index is 12.3. The van der Waals surface area contributed by atoms with Crippen molar-refractivity contribution < 1.29 is 14.3 Å². The Hall–Kier alpha value is -1.75. The number of hydrogen-bond donors (Lipinski definition) is 1. The third-order valence-electron chi connectivity index (χ3n) is 3.37. The average Bonchev–Trinajstić information content (AvgIpc) is 2.57. The summed E-state index contributed by atoms with van der Waals surface area (Å²) in [5.74, 6) is 0.0915. The van der Waals surface area contributed by atoms with Gasteiger partial charge in [0.05, 0.1) is 17.7 Å². The molecule has 1 unspecified atom stereocenters. The van der Waals surface area contributed by atoms with Gasteiger partial charge in [0.15, 0.2) is 6.10 Å². The maximum atomic E-state index is 12.3. The van der Waals surface area contributed by atoms with E-state index in [0.717, 1.165) is 5.56 Å². The van der Waals surface area contributed by atoms with Crippen molar-refractivity contribution in [3.8, 4) is 5.75 Å². The summed E-state index contributed by atoms with van der Waals surface area (Å²) in [7, 11) is 0. The number of halogens is 2. The molecule has 0 saturated carbocycles. The molecule has 1 N–H and O–H groups in total. The fourth-order valence-corrected chi connectivity index (χ4v) is 2.40. The van der Waals surface area contributed by atoms with Crippen LogP contribution in [0.15, 0.2) is 42.5 Å². The number of benzene rings is 2. The highest BCUT2D eigenvalue weighted by Gasteiger charge is 2.17. The molecule has 0 aliphatic carbocycles. The van der Waals surface area contributed by atoms with Crippen LogP contribution >= 0.6 is 23.2 Å². The molecule has 0 saturated heterocycles. The molecule has 25 heavy (non-hydrogen) atoms. The van der Waals surface area contributed by atoms with Crippen LogP contribution in [-0.4, -0.2) is 18.1 Å². The highest BCUT2D eigenvalue weighted by Crippen LogP contribution is 2.32. The molecule has 1 atom stereocenters. The van der Waals surface area contributed by atoms with Gasteiger partial charge in [0, 0.05) is 5.69 Å². The second-order valence-corrected chi connectivity index (χ2v) is 6.65. The quantitative estimate of drug-likeness (QED) is 0.705. The van der Waals surface area contributed by atoms with Crippen LogP contribution in [-0.2, 0) is 16.1 Å². The Morgan fingerprint density at radius 1 is 1.12 bits per heavy atom. The number of ether oxygens (including phenoxy) is 2. The Labute approximate surface area is 158 Å². The minimum atomic E-state index is -0.730. The van der Waals surface area contributed by atoms with Gasteiger partial charge in [0.25, 0.3) is 5.91 Å². The molecule has 0 heterocycles. The van der Waals surface area contributed by atoms with Crippen molar-refractivity contribution in [3.63, 3.8) is 0 Å². The molecule has 0 aromatic heterocycles. The van der Waals surface area contributed by atoms with Gasteiger partial charge in [-0.2, -0.15) is 0 Å². The van der Waals surface area contributed by atoms with E-state index in [1.54, 1.807) is 25.1 Å². The van der Waals surface area contributed by atoms with Gasteiger partial charge in [0.1, 0.15) is 10.8 Å². The number of rotatable bonds is 7. The van der Waals surface area contributed by atoms with Crippen LogP contribution in [0.4, 0.5) is 5.69 Å². The number of hydrogen-bond acceptors (Lipinski definition) is 3. The summed E-state index contributed by atoms with van der Waals surface area (Å²) in [5.41, 5.74) is 1.67. The van der Waals surface area contributed by atoms with Gasteiger partial charge < -0.3 is 14.8 Å².